The highest BCUT2D eigenvalue weighted by atomic mass is 35.5. The van der Waals surface area contributed by atoms with Gasteiger partial charge in [0.25, 0.3) is 0 Å². The van der Waals surface area contributed by atoms with Crippen molar-refractivity contribution >= 4 is 35.6 Å². The van der Waals surface area contributed by atoms with Gasteiger partial charge in [0.2, 0.25) is 0 Å². The number of thiazole rings is 1. The Bertz CT molecular complexity index is 505. The first-order valence-corrected chi connectivity index (χ1v) is 7.88. The van der Waals surface area contributed by atoms with Gasteiger partial charge in [-0.2, -0.15) is 12.6 Å². The van der Waals surface area contributed by atoms with Crippen molar-refractivity contribution in [2.75, 3.05) is 0 Å². The standard InChI is InChI=1S/C14H16ClNS2/c1-2-3-12-13(9-17)18-14(16-12)8-10-4-6-11(15)7-5-10/h4-7,17H,2-3,8-9H2,1H3. The maximum Gasteiger partial charge on any atom is 0.0975 e. The van der Waals surface area contributed by atoms with Crippen molar-refractivity contribution in [1.82, 2.24) is 4.98 Å². The van der Waals surface area contributed by atoms with Crippen LogP contribution in [0.2, 0.25) is 5.02 Å². The van der Waals surface area contributed by atoms with Crippen LogP contribution in [-0.2, 0) is 18.6 Å². The van der Waals surface area contributed by atoms with Gasteiger partial charge in [0.15, 0.2) is 0 Å². The molecular weight excluding hydrogens is 282 g/mol. The molecular formula is C14H16ClNS2. The maximum atomic E-state index is 5.88. The summed E-state index contributed by atoms with van der Waals surface area (Å²) >= 11 is 12.0. The van der Waals surface area contributed by atoms with Crippen LogP contribution in [-0.4, -0.2) is 4.98 Å². The minimum absolute atomic E-state index is 0.778. The van der Waals surface area contributed by atoms with Crippen LogP contribution in [0.4, 0.5) is 0 Å². The molecule has 0 aliphatic carbocycles. The molecule has 0 spiro atoms. The molecule has 0 aliphatic rings. The van der Waals surface area contributed by atoms with Crippen LogP contribution >= 0.6 is 35.6 Å². The van der Waals surface area contributed by atoms with E-state index < -0.39 is 0 Å². The van der Waals surface area contributed by atoms with Crippen molar-refractivity contribution in [2.24, 2.45) is 0 Å². The third-order valence-corrected chi connectivity index (χ3v) is 4.60. The van der Waals surface area contributed by atoms with Gasteiger partial charge in [-0.25, -0.2) is 4.98 Å². The zero-order valence-corrected chi connectivity index (χ0v) is 12.8. The van der Waals surface area contributed by atoms with Gasteiger partial charge in [0, 0.05) is 22.1 Å². The molecule has 1 heterocycles. The van der Waals surface area contributed by atoms with Crippen molar-refractivity contribution < 1.29 is 0 Å². The predicted octanol–water partition coefficient (Wildman–Crippen LogP) is 4.77. The summed E-state index contributed by atoms with van der Waals surface area (Å²) in [6.07, 6.45) is 3.06. The lowest BCUT2D eigenvalue weighted by atomic mass is 10.1. The van der Waals surface area contributed by atoms with Crippen LogP contribution in [0.3, 0.4) is 0 Å². The van der Waals surface area contributed by atoms with E-state index in [1.54, 1.807) is 11.3 Å². The number of hydrogen-bond acceptors (Lipinski definition) is 3. The SMILES string of the molecule is CCCc1nc(Cc2ccc(Cl)cc2)sc1CS. The summed E-state index contributed by atoms with van der Waals surface area (Å²) in [4.78, 5) is 6.03. The Morgan fingerprint density at radius 3 is 2.61 bits per heavy atom. The van der Waals surface area contributed by atoms with Crippen molar-refractivity contribution in [2.45, 2.75) is 31.9 Å². The molecule has 0 saturated carbocycles. The maximum absolute atomic E-state index is 5.88. The molecule has 0 fully saturated rings. The Morgan fingerprint density at radius 2 is 2.00 bits per heavy atom. The van der Waals surface area contributed by atoms with Crippen LogP contribution in [0, 0.1) is 0 Å². The van der Waals surface area contributed by atoms with Crippen molar-refractivity contribution in [3.05, 3.63) is 50.4 Å². The van der Waals surface area contributed by atoms with Crippen LogP contribution in [0.15, 0.2) is 24.3 Å². The highest BCUT2D eigenvalue weighted by Crippen LogP contribution is 2.24. The van der Waals surface area contributed by atoms with Gasteiger partial charge in [-0.05, 0) is 24.1 Å². The molecule has 0 amide bonds. The molecule has 0 unspecified atom stereocenters. The number of halogens is 1. The van der Waals surface area contributed by atoms with E-state index in [0.717, 1.165) is 30.0 Å². The minimum atomic E-state index is 0.778. The van der Waals surface area contributed by atoms with E-state index in [9.17, 15) is 0 Å². The lowest BCUT2D eigenvalue weighted by Crippen LogP contribution is -1.90. The Labute approximate surface area is 123 Å². The number of aryl methyl sites for hydroxylation is 1. The second kappa shape index (κ2) is 6.60. The Kier molecular flexibility index (Phi) is 5.10. The summed E-state index contributed by atoms with van der Waals surface area (Å²) in [5.41, 5.74) is 2.48. The average Bonchev–Trinajstić information content (AvgIpc) is 2.75. The van der Waals surface area contributed by atoms with E-state index in [4.69, 9.17) is 16.6 Å². The lowest BCUT2D eigenvalue weighted by molar-refractivity contribution is 0.875. The van der Waals surface area contributed by atoms with E-state index in [0.29, 0.717) is 0 Å². The molecule has 2 aromatic rings. The van der Waals surface area contributed by atoms with E-state index >= 15 is 0 Å². The topological polar surface area (TPSA) is 12.9 Å². The monoisotopic (exact) mass is 297 g/mol. The number of benzene rings is 1. The number of aromatic nitrogens is 1. The number of thiol groups is 1. The van der Waals surface area contributed by atoms with Crippen LogP contribution in [0.25, 0.3) is 0 Å². The zero-order chi connectivity index (χ0) is 13.0. The second-order valence-electron chi connectivity index (χ2n) is 4.19. The molecule has 0 radical (unpaired) electrons. The highest BCUT2D eigenvalue weighted by Gasteiger charge is 2.09. The molecule has 18 heavy (non-hydrogen) atoms. The third kappa shape index (κ3) is 3.50. The van der Waals surface area contributed by atoms with Gasteiger partial charge >= 0.3 is 0 Å². The quantitative estimate of drug-likeness (QED) is 0.784. The first kappa shape index (κ1) is 13.9. The van der Waals surface area contributed by atoms with Crippen molar-refractivity contribution in [3.63, 3.8) is 0 Å². The van der Waals surface area contributed by atoms with Gasteiger partial charge in [0.05, 0.1) is 10.7 Å². The molecule has 1 aromatic carbocycles. The molecule has 1 aromatic heterocycles. The van der Waals surface area contributed by atoms with E-state index in [1.807, 2.05) is 12.1 Å². The second-order valence-corrected chi connectivity index (χ2v) is 6.11. The fourth-order valence-electron chi connectivity index (χ4n) is 1.84. The first-order valence-electron chi connectivity index (χ1n) is 6.05. The van der Waals surface area contributed by atoms with Crippen LogP contribution < -0.4 is 0 Å². The predicted molar refractivity (Wildman–Crippen MR) is 83.1 cm³/mol. The number of nitrogens with zero attached hydrogens (tertiary/aromatic N) is 1. The van der Waals surface area contributed by atoms with Gasteiger partial charge < -0.3 is 0 Å². The molecule has 96 valence electrons. The Hall–Kier alpha value is -0.510. The third-order valence-electron chi connectivity index (χ3n) is 2.72. The summed E-state index contributed by atoms with van der Waals surface area (Å²) in [5, 5.41) is 1.95. The molecule has 0 bridgehead atoms. The van der Waals surface area contributed by atoms with Crippen molar-refractivity contribution in [3.8, 4) is 0 Å². The number of rotatable bonds is 5. The Morgan fingerprint density at radius 1 is 1.28 bits per heavy atom. The Balaban J connectivity index is 2.16. The summed E-state index contributed by atoms with van der Waals surface area (Å²) in [6, 6.07) is 7.97. The largest absolute Gasteiger partial charge is 0.246 e. The average molecular weight is 298 g/mol. The molecule has 0 saturated heterocycles. The summed E-state index contributed by atoms with van der Waals surface area (Å²) in [7, 11) is 0. The fourth-order valence-corrected chi connectivity index (χ4v) is 3.36. The first-order chi connectivity index (χ1) is 8.72. The van der Waals surface area contributed by atoms with Gasteiger partial charge in [-0.1, -0.05) is 37.1 Å². The normalized spacial score (nSPS) is 10.8. The lowest BCUT2D eigenvalue weighted by Gasteiger charge is -1.97. The summed E-state index contributed by atoms with van der Waals surface area (Å²) < 4.78 is 0. The van der Waals surface area contributed by atoms with Crippen LogP contribution in [0.5, 0.6) is 0 Å². The molecule has 4 heteroatoms. The van der Waals surface area contributed by atoms with Crippen molar-refractivity contribution in [1.29, 1.82) is 0 Å². The van der Waals surface area contributed by atoms with E-state index in [1.165, 1.54) is 21.1 Å². The zero-order valence-electron chi connectivity index (χ0n) is 10.3. The summed E-state index contributed by atoms with van der Waals surface area (Å²) in [6.45, 7) is 2.18. The summed E-state index contributed by atoms with van der Waals surface area (Å²) in [5.74, 6) is 0.785. The van der Waals surface area contributed by atoms with Crippen LogP contribution in [0.1, 0.15) is 34.5 Å². The molecule has 1 nitrogen and oxygen atoms in total. The molecule has 2 rings (SSSR count). The van der Waals surface area contributed by atoms with Gasteiger partial charge in [-0.15, -0.1) is 11.3 Å². The van der Waals surface area contributed by atoms with E-state index in [-0.39, 0.29) is 0 Å². The molecule has 0 N–H and O–H groups in total. The van der Waals surface area contributed by atoms with E-state index in [2.05, 4.69) is 31.7 Å². The molecule has 0 aliphatic heterocycles. The van der Waals surface area contributed by atoms with Gasteiger partial charge in [-0.3, -0.25) is 0 Å². The number of hydrogen-bond donors (Lipinski definition) is 1. The molecule has 0 atom stereocenters. The highest BCUT2D eigenvalue weighted by molar-refractivity contribution is 7.79. The minimum Gasteiger partial charge on any atom is -0.246 e. The fraction of sp³-hybridized carbons (Fsp3) is 0.357. The smallest absolute Gasteiger partial charge is 0.0975 e. The van der Waals surface area contributed by atoms with Gasteiger partial charge in [0.1, 0.15) is 0 Å².